The molecule has 7 nitrogen and oxygen atoms in total. The van der Waals surface area contributed by atoms with E-state index in [4.69, 9.17) is 5.73 Å². The van der Waals surface area contributed by atoms with Gasteiger partial charge in [-0.25, -0.2) is 4.79 Å². The second-order valence-corrected chi connectivity index (χ2v) is 3.39. The maximum absolute atomic E-state index is 11.2. The molecule has 17 heavy (non-hydrogen) atoms. The van der Waals surface area contributed by atoms with E-state index in [9.17, 15) is 14.9 Å². The van der Waals surface area contributed by atoms with Crippen LogP contribution < -0.4 is 11.1 Å². The van der Waals surface area contributed by atoms with E-state index in [1.54, 1.807) is 13.0 Å². The minimum absolute atomic E-state index is 0.0389. The zero-order chi connectivity index (χ0) is 13.0. The topological polar surface area (TPSA) is 107 Å². The largest absolute Gasteiger partial charge is 0.467 e. The molecule has 0 spiro atoms. The Morgan fingerprint density at radius 1 is 1.59 bits per heavy atom. The average Bonchev–Trinajstić information content (AvgIpc) is 2.27. The fourth-order valence-corrected chi connectivity index (χ4v) is 1.35. The number of para-hydroxylation sites is 1. The highest BCUT2D eigenvalue weighted by atomic mass is 16.6. The molecule has 0 aliphatic heterocycles. The summed E-state index contributed by atoms with van der Waals surface area (Å²) in [4.78, 5) is 21.4. The third-order valence-corrected chi connectivity index (χ3v) is 2.18. The lowest BCUT2D eigenvalue weighted by Crippen LogP contribution is -2.27. The highest BCUT2D eigenvalue weighted by molar-refractivity contribution is 5.82. The summed E-state index contributed by atoms with van der Waals surface area (Å²) in [6.45, 7) is 1.54. The van der Waals surface area contributed by atoms with Gasteiger partial charge in [-0.05, 0) is 19.1 Å². The fraction of sp³-hybridized carbons (Fsp3) is 0.300. The normalized spacial score (nSPS) is 11.6. The third-order valence-electron chi connectivity index (χ3n) is 2.18. The van der Waals surface area contributed by atoms with Crippen molar-refractivity contribution in [3.8, 4) is 0 Å². The Balaban J connectivity index is 3.02. The van der Waals surface area contributed by atoms with Crippen molar-refractivity contribution >= 4 is 23.0 Å². The molecule has 0 aliphatic rings. The van der Waals surface area contributed by atoms with Crippen molar-refractivity contribution in [1.29, 1.82) is 0 Å². The van der Waals surface area contributed by atoms with Gasteiger partial charge < -0.3 is 15.8 Å². The van der Waals surface area contributed by atoms with E-state index in [2.05, 4.69) is 10.1 Å². The van der Waals surface area contributed by atoms with Crippen molar-refractivity contribution in [1.82, 2.24) is 0 Å². The number of nitrogens with two attached hydrogens (primary N) is 1. The number of nitro groups is 1. The Kier molecular flexibility index (Phi) is 3.86. The van der Waals surface area contributed by atoms with Crippen molar-refractivity contribution in [3.63, 3.8) is 0 Å². The van der Waals surface area contributed by atoms with Crippen LogP contribution in [0.15, 0.2) is 18.2 Å². The summed E-state index contributed by atoms with van der Waals surface area (Å²) in [5.74, 6) is -0.512. The second-order valence-electron chi connectivity index (χ2n) is 3.39. The first-order valence-electron chi connectivity index (χ1n) is 4.84. The van der Waals surface area contributed by atoms with Gasteiger partial charge in [0.05, 0.1) is 12.0 Å². The van der Waals surface area contributed by atoms with Gasteiger partial charge in [-0.3, -0.25) is 10.1 Å². The van der Waals surface area contributed by atoms with E-state index in [0.29, 0.717) is 0 Å². The maximum atomic E-state index is 11.2. The third kappa shape index (κ3) is 2.83. The zero-order valence-electron chi connectivity index (χ0n) is 9.47. The number of nitrogens with zero attached hydrogens (tertiary/aromatic N) is 1. The number of rotatable bonds is 4. The van der Waals surface area contributed by atoms with Gasteiger partial charge in [0.2, 0.25) is 0 Å². The summed E-state index contributed by atoms with van der Waals surface area (Å²) in [5.41, 5.74) is 5.49. The number of carbonyl (C=O) groups excluding carboxylic acids is 1. The second kappa shape index (κ2) is 5.15. The number of methoxy groups -OCH3 is 1. The van der Waals surface area contributed by atoms with Crippen molar-refractivity contribution in [2.45, 2.75) is 13.0 Å². The number of nitro benzene ring substituents is 1. The van der Waals surface area contributed by atoms with Crippen LogP contribution in [-0.2, 0) is 9.53 Å². The number of esters is 1. The predicted octanol–water partition coefficient (Wildman–Crippen LogP) is 1.15. The van der Waals surface area contributed by atoms with Crippen molar-refractivity contribution in [3.05, 3.63) is 28.3 Å². The molecule has 1 atom stereocenters. The van der Waals surface area contributed by atoms with Crippen LogP contribution in [0, 0.1) is 10.1 Å². The lowest BCUT2D eigenvalue weighted by Gasteiger charge is -2.13. The van der Waals surface area contributed by atoms with E-state index in [0.717, 1.165) is 0 Å². The summed E-state index contributed by atoms with van der Waals surface area (Å²) in [5, 5.41) is 13.5. The van der Waals surface area contributed by atoms with Crippen LogP contribution in [0.2, 0.25) is 0 Å². The standard InChI is InChI=1S/C10H13N3O4/c1-6(10(14)17-2)12-8-5-3-4-7(11)9(8)13(15)16/h3-6,12H,11H2,1-2H3. The summed E-state index contributed by atoms with van der Waals surface area (Å²) >= 11 is 0. The lowest BCUT2D eigenvalue weighted by atomic mass is 10.2. The number of hydrogen-bond acceptors (Lipinski definition) is 6. The summed E-state index contributed by atoms with van der Waals surface area (Å²) in [6.07, 6.45) is 0. The molecule has 1 aromatic rings. The van der Waals surface area contributed by atoms with E-state index in [1.807, 2.05) is 0 Å². The predicted molar refractivity (Wildman–Crippen MR) is 62.6 cm³/mol. The summed E-state index contributed by atoms with van der Waals surface area (Å²) in [6, 6.07) is 3.77. The van der Waals surface area contributed by atoms with Crippen LogP contribution >= 0.6 is 0 Å². The number of nitrogen functional groups attached to an aromatic ring is 1. The van der Waals surface area contributed by atoms with Gasteiger partial charge >= 0.3 is 11.7 Å². The molecule has 1 rings (SSSR count). The van der Waals surface area contributed by atoms with Gasteiger partial charge in [-0.1, -0.05) is 6.07 Å². The molecular weight excluding hydrogens is 226 g/mol. The van der Waals surface area contributed by atoms with Crippen molar-refractivity contribution < 1.29 is 14.5 Å². The van der Waals surface area contributed by atoms with Crippen LogP contribution in [0.4, 0.5) is 17.1 Å². The van der Waals surface area contributed by atoms with Gasteiger partial charge in [0, 0.05) is 0 Å². The molecule has 0 amide bonds. The average molecular weight is 239 g/mol. The van der Waals surface area contributed by atoms with Gasteiger partial charge in [-0.2, -0.15) is 0 Å². The van der Waals surface area contributed by atoms with Crippen molar-refractivity contribution in [2.24, 2.45) is 0 Å². The van der Waals surface area contributed by atoms with E-state index < -0.39 is 16.9 Å². The molecule has 0 heterocycles. The lowest BCUT2D eigenvalue weighted by molar-refractivity contribution is -0.383. The Morgan fingerprint density at radius 3 is 2.76 bits per heavy atom. The van der Waals surface area contributed by atoms with Crippen LogP contribution in [0.3, 0.4) is 0 Å². The van der Waals surface area contributed by atoms with Crippen LogP contribution in [0.1, 0.15) is 6.92 Å². The smallest absolute Gasteiger partial charge is 0.327 e. The maximum Gasteiger partial charge on any atom is 0.327 e. The van der Waals surface area contributed by atoms with E-state index >= 15 is 0 Å². The van der Waals surface area contributed by atoms with Gasteiger partial charge in [0.1, 0.15) is 17.4 Å². The molecule has 1 unspecified atom stereocenters. The molecule has 1 aromatic carbocycles. The fourth-order valence-electron chi connectivity index (χ4n) is 1.35. The van der Waals surface area contributed by atoms with E-state index in [-0.39, 0.29) is 17.1 Å². The first kappa shape index (κ1) is 12.8. The molecule has 0 bridgehead atoms. The van der Waals surface area contributed by atoms with Gasteiger partial charge in [-0.15, -0.1) is 0 Å². The summed E-state index contributed by atoms with van der Waals surface area (Å²) < 4.78 is 4.51. The van der Waals surface area contributed by atoms with E-state index in [1.165, 1.54) is 19.2 Å². The van der Waals surface area contributed by atoms with Crippen molar-refractivity contribution in [2.75, 3.05) is 18.2 Å². The number of anilines is 2. The SMILES string of the molecule is COC(=O)C(C)Nc1cccc(N)c1[N+](=O)[O-]. The van der Waals surface area contributed by atoms with Crippen LogP contribution in [0.25, 0.3) is 0 Å². The first-order valence-corrected chi connectivity index (χ1v) is 4.84. The highest BCUT2D eigenvalue weighted by Gasteiger charge is 2.21. The molecular formula is C10H13N3O4. The Hall–Kier alpha value is -2.31. The number of nitrogens with one attached hydrogen (secondary N) is 1. The molecule has 0 radical (unpaired) electrons. The van der Waals surface area contributed by atoms with Gasteiger partial charge in [0.15, 0.2) is 0 Å². The Labute approximate surface area is 97.7 Å². The Bertz CT molecular complexity index is 447. The first-order chi connectivity index (χ1) is 7.97. The molecule has 3 N–H and O–H groups in total. The minimum Gasteiger partial charge on any atom is -0.467 e. The van der Waals surface area contributed by atoms with Crippen LogP contribution in [-0.4, -0.2) is 24.0 Å². The molecule has 0 aromatic heterocycles. The minimum atomic E-state index is -0.694. The molecule has 0 saturated carbocycles. The summed E-state index contributed by atoms with van der Waals surface area (Å²) in [7, 11) is 1.24. The van der Waals surface area contributed by atoms with Crippen LogP contribution in [0.5, 0.6) is 0 Å². The number of benzene rings is 1. The number of hydrogen-bond donors (Lipinski definition) is 2. The quantitative estimate of drug-likeness (QED) is 0.353. The highest BCUT2D eigenvalue weighted by Crippen LogP contribution is 2.30. The monoisotopic (exact) mass is 239 g/mol. The number of ether oxygens (including phenoxy) is 1. The number of carbonyl (C=O) groups is 1. The zero-order valence-corrected chi connectivity index (χ0v) is 9.47. The molecule has 0 saturated heterocycles. The molecule has 7 heteroatoms. The van der Waals surface area contributed by atoms with Gasteiger partial charge in [0.25, 0.3) is 0 Å². The molecule has 0 aliphatic carbocycles. The Morgan fingerprint density at radius 2 is 2.24 bits per heavy atom. The molecule has 92 valence electrons. The molecule has 0 fully saturated rings.